The Kier molecular flexibility index (Phi) is 2.14. The number of hydrogen-bond donors (Lipinski definition) is 1. The molecule has 0 amide bonds. The van der Waals surface area contributed by atoms with Crippen molar-refractivity contribution in [2.45, 2.75) is 13.8 Å². The van der Waals surface area contributed by atoms with Gasteiger partial charge in [-0.2, -0.15) is 0 Å². The molecule has 4 nitrogen and oxygen atoms in total. The monoisotopic (exact) mass is 218 g/mol. The lowest BCUT2D eigenvalue weighted by atomic mass is 10.2. The van der Waals surface area contributed by atoms with E-state index in [4.69, 9.17) is 5.73 Å². The van der Waals surface area contributed by atoms with E-state index in [9.17, 15) is 0 Å². The van der Waals surface area contributed by atoms with E-state index in [0.717, 1.165) is 48.9 Å². The number of aromatic nitrogens is 2. The zero-order valence-corrected chi connectivity index (χ0v) is 9.85. The first kappa shape index (κ1) is 10.0. The van der Waals surface area contributed by atoms with Crippen molar-refractivity contribution in [3.05, 3.63) is 17.6 Å². The van der Waals surface area contributed by atoms with Crippen LogP contribution in [0.4, 0.5) is 5.82 Å². The van der Waals surface area contributed by atoms with E-state index in [1.54, 1.807) is 6.33 Å². The smallest absolute Gasteiger partial charge is 0.135 e. The Morgan fingerprint density at radius 2 is 2.00 bits per heavy atom. The minimum atomic E-state index is 0.777. The quantitative estimate of drug-likeness (QED) is 0.795. The van der Waals surface area contributed by atoms with E-state index in [1.165, 1.54) is 5.56 Å². The average Bonchev–Trinajstić information content (AvgIpc) is 2.75. The van der Waals surface area contributed by atoms with Gasteiger partial charge in [-0.25, -0.2) is 9.97 Å². The lowest BCUT2D eigenvalue weighted by Crippen LogP contribution is -2.27. The van der Waals surface area contributed by atoms with E-state index in [-0.39, 0.29) is 0 Å². The molecule has 2 unspecified atom stereocenters. The molecular weight excluding hydrogens is 200 g/mol. The number of hydrogen-bond acceptors (Lipinski definition) is 4. The van der Waals surface area contributed by atoms with Gasteiger partial charge in [0.2, 0.25) is 0 Å². The van der Waals surface area contributed by atoms with Gasteiger partial charge < -0.3 is 10.6 Å². The number of nitrogens with zero attached hydrogens (tertiary/aromatic N) is 3. The number of nitrogens with two attached hydrogens (primary N) is 1. The van der Waals surface area contributed by atoms with Gasteiger partial charge in [0.25, 0.3) is 0 Å². The molecular formula is C12H18N4. The molecule has 0 radical (unpaired) electrons. The molecule has 0 spiro atoms. The van der Waals surface area contributed by atoms with E-state index in [1.807, 2.05) is 6.92 Å². The van der Waals surface area contributed by atoms with E-state index < -0.39 is 0 Å². The van der Waals surface area contributed by atoms with Crippen molar-refractivity contribution in [3.8, 4) is 0 Å². The van der Waals surface area contributed by atoms with Crippen LogP contribution in [0.2, 0.25) is 0 Å². The van der Waals surface area contributed by atoms with Crippen molar-refractivity contribution in [2.75, 3.05) is 24.5 Å². The summed E-state index contributed by atoms with van der Waals surface area (Å²) in [6.07, 6.45) is 1.67. The second-order valence-corrected chi connectivity index (χ2v) is 5.04. The molecule has 16 heavy (non-hydrogen) atoms. The first-order chi connectivity index (χ1) is 7.72. The lowest BCUT2D eigenvalue weighted by molar-refractivity contribution is 0.642. The highest BCUT2D eigenvalue weighted by Crippen LogP contribution is 2.51. The Balaban J connectivity index is 1.79. The highest BCUT2D eigenvalue weighted by molar-refractivity contribution is 5.49. The largest absolute Gasteiger partial charge is 0.356 e. The van der Waals surface area contributed by atoms with Crippen LogP contribution in [0, 0.1) is 31.6 Å². The van der Waals surface area contributed by atoms with E-state index in [0.29, 0.717) is 0 Å². The number of fused-ring (bicyclic) bond motifs is 1. The van der Waals surface area contributed by atoms with E-state index >= 15 is 0 Å². The summed E-state index contributed by atoms with van der Waals surface area (Å²) in [5.74, 6) is 3.54. The minimum Gasteiger partial charge on any atom is -0.356 e. The summed E-state index contributed by atoms with van der Waals surface area (Å²) in [6, 6.07) is 0. The summed E-state index contributed by atoms with van der Waals surface area (Å²) in [7, 11) is 0. The number of rotatable bonds is 2. The average molecular weight is 218 g/mol. The van der Waals surface area contributed by atoms with Crippen LogP contribution in [0.3, 0.4) is 0 Å². The Morgan fingerprint density at radius 3 is 2.62 bits per heavy atom. The predicted octanol–water partition coefficient (Wildman–Crippen LogP) is 0.734. The molecule has 2 heterocycles. The van der Waals surface area contributed by atoms with Crippen LogP contribution in [0.15, 0.2) is 6.33 Å². The maximum Gasteiger partial charge on any atom is 0.135 e. The van der Waals surface area contributed by atoms with Crippen LogP contribution in [-0.2, 0) is 0 Å². The molecule has 3 rings (SSSR count). The summed E-state index contributed by atoms with van der Waals surface area (Å²) in [6.45, 7) is 7.26. The molecule has 2 N–H and O–H groups in total. The van der Waals surface area contributed by atoms with Crippen molar-refractivity contribution in [1.82, 2.24) is 9.97 Å². The third-order valence-electron chi connectivity index (χ3n) is 4.25. The van der Waals surface area contributed by atoms with Crippen molar-refractivity contribution in [2.24, 2.45) is 23.5 Å². The molecule has 1 aromatic rings. The highest BCUT2D eigenvalue weighted by atomic mass is 15.2. The number of piperidine rings is 1. The molecule has 0 aromatic carbocycles. The first-order valence-electron chi connectivity index (χ1n) is 5.95. The maximum atomic E-state index is 5.72. The normalized spacial score (nSPS) is 31.7. The molecule has 86 valence electrons. The molecule has 1 aliphatic heterocycles. The summed E-state index contributed by atoms with van der Waals surface area (Å²) in [5, 5.41) is 0. The molecule has 1 aromatic heterocycles. The van der Waals surface area contributed by atoms with Crippen molar-refractivity contribution >= 4 is 5.82 Å². The zero-order valence-electron chi connectivity index (χ0n) is 9.85. The number of anilines is 1. The van der Waals surface area contributed by atoms with Crippen LogP contribution in [0.25, 0.3) is 0 Å². The SMILES string of the molecule is Cc1ncnc(N2CC3C(CN)C3C2)c1C. The van der Waals surface area contributed by atoms with Crippen LogP contribution in [0.5, 0.6) is 0 Å². The summed E-state index contributed by atoms with van der Waals surface area (Å²) >= 11 is 0. The third kappa shape index (κ3) is 1.33. The first-order valence-corrected chi connectivity index (χ1v) is 5.95. The van der Waals surface area contributed by atoms with Crippen LogP contribution < -0.4 is 10.6 Å². The fourth-order valence-corrected chi connectivity index (χ4v) is 3.02. The van der Waals surface area contributed by atoms with Crippen LogP contribution in [-0.4, -0.2) is 29.6 Å². The van der Waals surface area contributed by atoms with Crippen LogP contribution >= 0.6 is 0 Å². The highest BCUT2D eigenvalue weighted by Gasteiger charge is 2.55. The Labute approximate surface area is 95.9 Å². The fraction of sp³-hybridized carbons (Fsp3) is 0.667. The maximum absolute atomic E-state index is 5.72. The van der Waals surface area contributed by atoms with E-state index in [2.05, 4.69) is 21.8 Å². The van der Waals surface area contributed by atoms with Gasteiger partial charge in [0.15, 0.2) is 0 Å². The second kappa shape index (κ2) is 3.42. The van der Waals surface area contributed by atoms with Gasteiger partial charge >= 0.3 is 0 Å². The van der Waals surface area contributed by atoms with Gasteiger partial charge in [0, 0.05) is 24.3 Å². The standard InChI is InChI=1S/C12H18N4/c1-7-8(2)14-6-15-12(7)16-4-10-9(3-13)11(10)5-16/h6,9-11H,3-5,13H2,1-2H3. The fourth-order valence-electron chi connectivity index (χ4n) is 3.02. The topological polar surface area (TPSA) is 55.0 Å². The van der Waals surface area contributed by atoms with Crippen molar-refractivity contribution in [1.29, 1.82) is 0 Å². The van der Waals surface area contributed by atoms with Gasteiger partial charge in [0.1, 0.15) is 12.1 Å². The minimum absolute atomic E-state index is 0.777. The van der Waals surface area contributed by atoms with Gasteiger partial charge in [0.05, 0.1) is 0 Å². The molecule has 1 saturated heterocycles. The molecule has 2 aliphatic rings. The molecule has 1 saturated carbocycles. The molecule has 4 heteroatoms. The van der Waals surface area contributed by atoms with Gasteiger partial charge in [-0.15, -0.1) is 0 Å². The Morgan fingerprint density at radius 1 is 1.31 bits per heavy atom. The van der Waals surface area contributed by atoms with Crippen molar-refractivity contribution < 1.29 is 0 Å². The molecule has 1 aliphatic carbocycles. The lowest BCUT2D eigenvalue weighted by Gasteiger charge is -2.22. The van der Waals surface area contributed by atoms with Gasteiger partial charge in [-0.3, -0.25) is 0 Å². The molecule has 2 atom stereocenters. The Bertz CT molecular complexity index is 405. The summed E-state index contributed by atoms with van der Waals surface area (Å²) in [5.41, 5.74) is 8.02. The molecule has 0 bridgehead atoms. The Hall–Kier alpha value is -1.16. The summed E-state index contributed by atoms with van der Waals surface area (Å²) < 4.78 is 0. The third-order valence-corrected chi connectivity index (χ3v) is 4.25. The predicted molar refractivity (Wildman–Crippen MR) is 63.2 cm³/mol. The second-order valence-electron chi connectivity index (χ2n) is 5.04. The number of aryl methyl sites for hydroxylation is 1. The molecule has 2 fully saturated rings. The van der Waals surface area contributed by atoms with Gasteiger partial charge in [-0.05, 0) is 38.1 Å². The zero-order chi connectivity index (χ0) is 11.3. The van der Waals surface area contributed by atoms with Crippen LogP contribution in [0.1, 0.15) is 11.3 Å². The summed E-state index contributed by atoms with van der Waals surface area (Å²) in [4.78, 5) is 11.0. The van der Waals surface area contributed by atoms with Crippen molar-refractivity contribution in [3.63, 3.8) is 0 Å². The van der Waals surface area contributed by atoms with Gasteiger partial charge in [-0.1, -0.05) is 0 Å².